The molecular weight excluding hydrogens is 316 g/mol. The number of halogens is 1. The zero-order valence-corrected chi connectivity index (χ0v) is 12.9. The first-order chi connectivity index (χ1) is 8.06. The molecule has 0 saturated carbocycles. The van der Waals surface area contributed by atoms with Crippen molar-refractivity contribution < 1.29 is 4.79 Å². The monoisotopic (exact) mass is 328 g/mol. The first-order valence-corrected chi connectivity index (χ1v) is 7.87. The van der Waals surface area contributed by atoms with E-state index in [1.54, 1.807) is 22.7 Å². The summed E-state index contributed by atoms with van der Waals surface area (Å²) in [4.78, 5) is 15.2. The number of hydrogen-bond acceptors (Lipinski definition) is 3. The molecule has 0 bridgehead atoms. The Kier molecular flexibility index (Phi) is 4.17. The lowest BCUT2D eigenvalue weighted by Crippen LogP contribution is -2.00. The normalized spacial score (nSPS) is 11.1. The predicted octanol–water partition coefficient (Wildman–Crippen LogP) is 5.47. The van der Waals surface area contributed by atoms with Crippen molar-refractivity contribution in [1.82, 2.24) is 0 Å². The molecule has 0 aromatic carbocycles. The molecule has 0 unspecified atom stereocenters. The van der Waals surface area contributed by atoms with Gasteiger partial charge in [0.25, 0.3) is 0 Å². The molecule has 0 spiro atoms. The summed E-state index contributed by atoms with van der Waals surface area (Å²) in [6.07, 6.45) is 0.633. The van der Waals surface area contributed by atoms with E-state index in [0.29, 0.717) is 12.3 Å². The molecule has 0 N–H and O–H groups in total. The molecule has 0 atom stereocenters. The molecule has 17 heavy (non-hydrogen) atoms. The van der Waals surface area contributed by atoms with Crippen molar-refractivity contribution in [2.24, 2.45) is 5.92 Å². The second kappa shape index (κ2) is 5.46. The number of thiophene rings is 2. The van der Waals surface area contributed by atoms with Gasteiger partial charge in [-0.3, -0.25) is 4.79 Å². The van der Waals surface area contributed by atoms with Crippen LogP contribution in [0.5, 0.6) is 0 Å². The molecule has 0 saturated heterocycles. The third-order valence-electron chi connectivity index (χ3n) is 2.29. The van der Waals surface area contributed by atoms with Crippen molar-refractivity contribution in [1.29, 1.82) is 0 Å². The van der Waals surface area contributed by atoms with Crippen molar-refractivity contribution in [2.75, 3.05) is 0 Å². The highest BCUT2D eigenvalue weighted by Gasteiger charge is 2.12. The molecule has 0 aliphatic heterocycles. The molecule has 90 valence electrons. The topological polar surface area (TPSA) is 17.1 Å². The number of carbonyl (C=O) groups excluding carboxylic acids is 1. The van der Waals surface area contributed by atoms with Gasteiger partial charge in [-0.15, -0.1) is 22.7 Å². The van der Waals surface area contributed by atoms with E-state index in [1.807, 2.05) is 18.2 Å². The summed E-state index contributed by atoms with van der Waals surface area (Å²) in [5.74, 6) is 0.677. The Morgan fingerprint density at radius 3 is 2.41 bits per heavy atom. The third-order valence-corrected chi connectivity index (χ3v) is 5.24. The minimum Gasteiger partial charge on any atom is -0.293 e. The summed E-state index contributed by atoms with van der Waals surface area (Å²) >= 11 is 6.74. The van der Waals surface area contributed by atoms with E-state index in [-0.39, 0.29) is 5.78 Å². The highest BCUT2D eigenvalue weighted by Crippen LogP contribution is 2.36. The van der Waals surface area contributed by atoms with Gasteiger partial charge >= 0.3 is 0 Å². The number of carbonyl (C=O) groups is 1. The van der Waals surface area contributed by atoms with Gasteiger partial charge in [0.15, 0.2) is 5.78 Å². The van der Waals surface area contributed by atoms with Crippen LogP contribution < -0.4 is 0 Å². The second-order valence-corrected chi connectivity index (χ2v) is 7.84. The maximum absolute atomic E-state index is 11.9. The van der Waals surface area contributed by atoms with Gasteiger partial charge in [-0.05, 0) is 46.1 Å². The zero-order valence-electron chi connectivity index (χ0n) is 9.70. The Morgan fingerprint density at radius 1 is 1.18 bits per heavy atom. The average molecular weight is 329 g/mol. The summed E-state index contributed by atoms with van der Waals surface area (Å²) in [5.41, 5.74) is 0. The van der Waals surface area contributed by atoms with Crippen molar-refractivity contribution in [3.05, 3.63) is 32.9 Å². The number of rotatable bonds is 4. The molecular formula is C13H13BrOS2. The summed E-state index contributed by atoms with van der Waals surface area (Å²) in [6.45, 7) is 4.14. The predicted molar refractivity (Wildman–Crippen MR) is 79.1 cm³/mol. The van der Waals surface area contributed by atoms with Crippen LogP contribution >= 0.6 is 38.6 Å². The molecule has 4 heteroatoms. The van der Waals surface area contributed by atoms with Crippen LogP contribution in [0.15, 0.2) is 28.1 Å². The van der Waals surface area contributed by atoms with Gasteiger partial charge in [0.1, 0.15) is 0 Å². The van der Waals surface area contributed by atoms with Crippen LogP contribution in [-0.4, -0.2) is 5.78 Å². The van der Waals surface area contributed by atoms with E-state index in [2.05, 4.69) is 35.8 Å². The van der Waals surface area contributed by atoms with Gasteiger partial charge in [0, 0.05) is 16.2 Å². The summed E-state index contributed by atoms with van der Waals surface area (Å²) in [5, 5.41) is 0. The van der Waals surface area contributed by atoms with Gasteiger partial charge in [-0.25, -0.2) is 0 Å². The van der Waals surface area contributed by atoms with E-state index >= 15 is 0 Å². The van der Waals surface area contributed by atoms with Crippen LogP contribution in [0.3, 0.4) is 0 Å². The zero-order chi connectivity index (χ0) is 12.4. The van der Waals surface area contributed by atoms with Crippen LogP contribution in [0.2, 0.25) is 0 Å². The van der Waals surface area contributed by atoms with E-state index in [4.69, 9.17) is 0 Å². The van der Waals surface area contributed by atoms with Crippen molar-refractivity contribution in [2.45, 2.75) is 20.3 Å². The molecule has 2 aromatic rings. The lowest BCUT2D eigenvalue weighted by atomic mass is 10.1. The van der Waals surface area contributed by atoms with Gasteiger partial charge in [-0.1, -0.05) is 13.8 Å². The summed E-state index contributed by atoms with van der Waals surface area (Å²) in [7, 11) is 0. The van der Waals surface area contributed by atoms with Gasteiger partial charge in [0.05, 0.1) is 8.66 Å². The largest absolute Gasteiger partial charge is 0.293 e. The molecule has 0 fully saturated rings. The molecule has 2 rings (SSSR count). The Bertz CT molecular complexity index is 525. The van der Waals surface area contributed by atoms with Crippen molar-refractivity contribution >= 4 is 44.4 Å². The standard InChI is InChI=1S/C13H13BrOS2/c1-8(2)7-9(15)10-3-4-11(16-10)12-5-6-13(14)17-12/h3-6,8H,7H2,1-2H3. The Labute approximate surface area is 118 Å². The van der Waals surface area contributed by atoms with Crippen molar-refractivity contribution in [3.8, 4) is 9.75 Å². The minimum atomic E-state index is 0.256. The lowest BCUT2D eigenvalue weighted by molar-refractivity contribution is 0.0972. The molecule has 0 radical (unpaired) electrons. The Hall–Kier alpha value is -0.450. The number of Topliss-reactive ketones (excluding diaryl/α,β-unsaturated/α-hetero) is 1. The van der Waals surface area contributed by atoms with Crippen LogP contribution in [0.25, 0.3) is 9.75 Å². The van der Waals surface area contributed by atoms with Gasteiger partial charge in [-0.2, -0.15) is 0 Å². The average Bonchev–Trinajstić information content (AvgIpc) is 2.84. The fourth-order valence-corrected chi connectivity index (χ4v) is 3.97. The number of hydrogen-bond donors (Lipinski definition) is 0. The van der Waals surface area contributed by atoms with E-state index in [9.17, 15) is 4.79 Å². The SMILES string of the molecule is CC(C)CC(=O)c1ccc(-c2ccc(Br)s2)s1. The summed E-state index contributed by atoms with van der Waals surface area (Å²) < 4.78 is 1.12. The van der Waals surface area contributed by atoms with Crippen LogP contribution in [0.4, 0.5) is 0 Å². The van der Waals surface area contributed by atoms with E-state index in [0.717, 1.165) is 8.66 Å². The van der Waals surface area contributed by atoms with Crippen LogP contribution in [0, 0.1) is 5.92 Å². The third kappa shape index (κ3) is 3.27. The first kappa shape index (κ1) is 13.0. The second-order valence-electron chi connectivity index (χ2n) is 4.29. The van der Waals surface area contributed by atoms with Gasteiger partial charge in [0.2, 0.25) is 0 Å². The maximum Gasteiger partial charge on any atom is 0.173 e. The molecule has 1 nitrogen and oxygen atoms in total. The quantitative estimate of drug-likeness (QED) is 0.680. The Morgan fingerprint density at radius 2 is 1.82 bits per heavy atom. The highest BCUT2D eigenvalue weighted by molar-refractivity contribution is 9.11. The smallest absolute Gasteiger partial charge is 0.173 e. The van der Waals surface area contributed by atoms with E-state index < -0.39 is 0 Å². The van der Waals surface area contributed by atoms with Crippen LogP contribution in [0.1, 0.15) is 29.9 Å². The molecule has 2 aromatic heterocycles. The first-order valence-electron chi connectivity index (χ1n) is 5.45. The number of ketones is 1. The lowest BCUT2D eigenvalue weighted by Gasteiger charge is -2.00. The summed E-state index contributed by atoms with van der Waals surface area (Å²) in [6, 6.07) is 8.10. The van der Waals surface area contributed by atoms with Crippen molar-refractivity contribution in [3.63, 3.8) is 0 Å². The molecule has 0 amide bonds. The van der Waals surface area contributed by atoms with Crippen LogP contribution in [-0.2, 0) is 0 Å². The highest BCUT2D eigenvalue weighted by atomic mass is 79.9. The fraction of sp³-hybridized carbons (Fsp3) is 0.308. The minimum absolute atomic E-state index is 0.256. The molecule has 0 aliphatic rings. The molecule has 2 heterocycles. The Balaban J connectivity index is 2.19. The maximum atomic E-state index is 11.9. The van der Waals surface area contributed by atoms with Gasteiger partial charge < -0.3 is 0 Å². The molecule has 0 aliphatic carbocycles. The van der Waals surface area contributed by atoms with E-state index in [1.165, 1.54) is 9.75 Å². The fourth-order valence-electron chi connectivity index (χ4n) is 1.54.